The number of aryl methyl sites for hydroxylation is 1. The number of amides is 1. The summed E-state index contributed by atoms with van der Waals surface area (Å²) in [4.78, 5) is 10.3. The number of rotatable bonds is 2. The molecule has 5 heteroatoms. The van der Waals surface area contributed by atoms with Gasteiger partial charge in [0.1, 0.15) is 0 Å². The molecule has 0 fully saturated rings. The second-order valence-electron chi connectivity index (χ2n) is 2.97. The molecule has 0 radical (unpaired) electrons. The van der Waals surface area contributed by atoms with Crippen molar-refractivity contribution in [3.8, 4) is 0 Å². The normalized spacial score (nSPS) is 9.86. The molecule has 0 unspecified atom stereocenters. The zero-order valence-corrected chi connectivity index (χ0v) is 9.83. The summed E-state index contributed by atoms with van der Waals surface area (Å²) in [6.07, 6.45) is -1.02. The fourth-order valence-electron chi connectivity index (χ4n) is 1.11. The molecule has 0 aliphatic rings. The topological polar surface area (TPSA) is 75.3 Å². The van der Waals surface area contributed by atoms with E-state index in [0.29, 0.717) is 6.54 Å². The number of nitrogens with two attached hydrogens (primary N) is 1. The van der Waals surface area contributed by atoms with Crippen molar-refractivity contribution in [3.63, 3.8) is 0 Å². The van der Waals surface area contributed by atoms with Crippen LogP contribution in [0.3, 0.4) is 0 Å². The molecule has 0 heterocycles. The largest absolute Gasteiger partial charge is 0.465 e. The summed E-state index contributed by atoms with van der Waals surface area (Å²) in [6, 6.07) is 3.76. The van der Waals surface area contributed by atoms with Crippen LogP contribution < -0.4 is 11.1 Å². The number of carbonyl (C=O) groups is 1. The molecule has 1 aromatic rings. The molecular weight excluding hydrogens is 295 g/mol. The van der Waals surface area contributed by atoms with Gasteiger partial charge in [0, 0.05) is 15.8 Å². The lowest BCUT2D eigenvalue weighted by Crippen LogP contribution is -2.20. The van der Waals surface area contributed by atoms with Gasteiger partial charge in [0.2, 0.25) is 0 Å². The van der Waals surface area contributed by atoms with E-state index in [0.717, 1.165) is 20.4 Å². The van der Waals surface area contributed by atoms with E-state index < -0.39 is 6.09 Å². The van der Waals surface area contributed by atoms with E-state index in [-0.39, 0.29) is 0 Å². The minimum absolute atomic E-state index is 0.312. The van der Waals surface area contributed by atoms with Gasteiger partial charge in [-0.05, 0) is 46.7 Å². The number of nitrogen functional groups attached to an aromatic ring is 1. The third-order valence-electron chi connectivity index (χ3n) is 1.84. The Hall–Kier alpha value is -0.980. The van der Waals surface area contributed by atoms with E-state index in [9.17, 15) is 4.79 Å². The van der Waals surface area contributed by atoms with Crippen molar-refractivity contribution in [1.29, 1.82) is 0 Å². The quantitative estimate of drug-likeness (QED) is 0.577. The van der Waals surface area contributed by atoms with Gasteiger partial charge in [-0.1, -0.05) is 6.07 Å². The Morgan fingerprint density at radius 2 is 2.29 bits per heavy atom. The monoisotopic (exact) mass is 306 g/mol. The first-order chi connectivity index (χ1) is 6.50. The lowest BCUT2D eigenvalue weighted by Gasteiger charge is -2.07. The van der Waals surface area contributed by atoms with Gasteiger partial charge in [-0.25, -0.2) is 4.79 Å². The van der Waals surface area contributed by atoms with Gasteiger partial charge in [0.05, 0.1) is 0 Å². The first-order valence-electron chi connectivity index (χ1n) is 4.02. The second kappa shape index (κ2) is 4.50. The molecule has 1 aromatic carbocycles. The fraction of sp³-hybridized carbons (Fsp3) is 0.222. The molecule has 0 bridgehead atoms. The Morgan fingerprint density at radius 1 is 1.64 bits per heavy atom. The molecule has 0 spiro atoms. The van der Waals surface area contributed by atoms with Gasteiger partial charge in [0.15, 0.2) is 0 Å². The third-order valence-corrected chi connectivity index (χ3v) is 2.73. The zero-order chi connectivity index (χ0) is 10.7. The van der Waals surface area contributed by atoms with E-state index in [4.69, 9.17) is 10.8 Å². The highest BCUT2D eigenvalue weighted by molar-refractivity contribution is 14.1. The van der Waals surface area contributed by atoms with Crippen LogP contribution >= 0.6 is 22.6 Å². The maximum atomic E-state index is 10.3. The fourth-order valence-corrected chi connectivity index (χ4v) is 1.93. The number of hydrogen-bond acceptors (Lipinski definition) is 2. The van der Waals surface area contributed by atoms with Gasteiger partial charge in [0.25, 0.3) is 0 Å². The molecular formula is C9H11IN2O2. The molecule has 0 aliphatic carbocycles. The lowest BCUT2D eigenvalue weighted by molar-refractivity contribution is 0.194. The highest BCUT2D eigenvalue weighted by atomic mass is 127. The summed E-state index contributed by atoms with van der Waals surface area (Å²) in [6.45, 7) is 2.22. The SMILES string of the molecule is Cc1cc(CNC(=O)O)cc(I)c1N. The first-order valence-corrected chi connectivity index (χ1v) is 5.10. The molecule has 76 valence electrons. The van der Waals surface area contributed by atoms with E-state index >= 15 is 0 Å². The molecule has 4 N–H and O–H groups in total. The molecule has 14 heavy (non-hydrogen) atoms. The van der Waals surface area contributed by atoms with Gasteiger partial charge in [-0.2, -0.15) is 0 Å². The van der Waals surface area contributed by atoms with Crippen molar-refractivity contribution < 1.29 is 9.90 Å². The van der Waals surface area contributed by atoms with Crippen LogP contribution in [0.15, 0.2) is 12.1 Å². The molecule has 0 saturated heterocycles. The minimum Gasteiger partial charge on any atom is -0.465 e. The van der Waals surface area contributed by atoms with E-state index in [1.807, 2.05) is 19.1 Å². The van der Waals surface area contributed by atoms with E-state index in [1.54, 1.807) is 0 Å². The Bertz CT molecular complexity index is 343. The highest BCUT2D eigenvalue weighted by Crippen LogP contribution is 2.21. The van der Waals surface area contributed by atoms with Crippen molar-refractivity contribution in [1.82, 2.24) is 5.32 Å². The Kier molecular flexibility index (Phi) is 3.56. The molecule has 1 amide bonds. The summed E-state index contributed by atoms with van der Waals surface area (Å²) >= 11 is 2.13. The standard InChI is InChI=1S/C9H11IN2O2/c1-5-2-6(4-12-9(13)14)3-7(10)8(5)11/h2-3,12H,4,11H2,1H3,(H,13,14). The number of halogens is 1. The summed E-state index contributed by atoms with van der Waals surface area (Å²) in [7, 11) is 0. The number of nitrogens with one attached hydrogen (secondary N) is 1. The summed E-state index contributed by atoms with van der Waals surface area (Å²) < 4.78 is 0.949. The third kappa shape index (κ3) is 2.76. The first kappa shape index (κ1) is 11.1. The summed E-state index contributed by atoms with van der Waals surface area (Å²) in [5.74, 6) is 0. The maximum absolute atomic E-state index is 10.3. The smallest absolute Gasteiger partial charge is 0.404 e. The minimum atomic E-state index is -1.02. The van der Waals surface area contributed by atoms with Crippen LogP contribution in [0, 0.1) is 10.5 Å². The predicted molar refractivity (Wildman–Crippen MR) is 63.2 cm³/mol. The van der Waals surface area contributed by atoms with Gasteiger partial charge in [-0.15, -0.1) is 0 Å². The van der Waals surface area contributed by atoms with Crippen molar-refractivity contribution in [2.24, 2.45) is 0 Å². The van der Waals surface area contributed by atoms with Crippen LogP contribution in [0.5, 0.6) is 0 Å². The Labute approximate surface area is 95.6 Å². The van der Waals surface area contributed by atoms with Crippen molar-refractivity contribution in [2.75, 3.05) is 5.73 Å². The van der Waals surface area contributed by atoms with Crippen LogP contribution in [0.1, 0.15) is 11.1 Å². The van der Waals surface area contributed by atoms with Crippen LogP contribution in [-0.2, 0) is 6.54 Å². The maximum Gasteiger partial charge on any atom is 0.404 e. The Morgan fingerprint density at radius 3 is 2.79 bits per heavy atom. The summed E-state index contributed by atoms with van der Waals surface area (Å²) in [5, 5.41) is 10.7. The van der Waals surface area contributed by atoms with E-state index in [1.165, 1.54) is 0 Å². The molecule has 0 saturated carbocycles. The van der Waals surface area contributed by atoms with Gasteiger partial charge < -0.3 is 16.2 Å². The van der Waals surface area contributed by atoms with Crippen LogP contribution in [0.4, 0.5) is 10.5 Å². The number of benzene rings is 1. The second-order valence-corrected chi connectivity index (χ2v) is 4.13. The number of anilines is 1. The van der Waals surface area contributed by atoms with Crippen LogP contribution in [-0.4, -0.2) is 11.2 Å². The average molecular weight is 306 g/mol. The predicted octanol–water partition coefficient (Wildman–Crippen LogP) is 1.95. The highest BCUT2D eigenvalue weighted by Gasteiger charge is 2.03. The van der Waals surface area contributed by atoms with Crippen molar-refractivity contribution in [2.45, 2.75) is 13.5 Å². The van der Waals surface area contributed by atoms with Crippen LogP contribution in [0.2, 0.25) is 0 Å². The van der Waals surface area contributed by atoms with Gasteiger partial charge in [-0.3, -0.25) is 0 Å². The molecule has 4 nitrogen and oxygen atoms in total. The summed E-state index contributed by atoms with van der Waals surface area (Å²) in [5.41, 5.74) is 8.41. The van der Waals surface area contributed by atoms with Gasteiger partial charge >= 0.3 is 6.09 Å². The average Bonchev–Trinajstić information content (AvgIpc) is 2.10. The Balaban J connectivity index is 2.84. The van der Waals surface area contributed by atoms with Crippen LogP contribution in [0.25, 0.3) is 0 Å². The van der Waals surface area contributed by atoms with Crippen molar-refractivity contribution >= 4 is 34.4 Å². The lowest BCUT2D eigenvalue weighted by atomic mass is 10.1. The molecule has 0 atom stereocenters. The zero-order valence-electron chi connectivity index (χ0n) is 7.67. The number of hydrogen-bond donors (Lipinski definition) is 3. The van der Waals surface area contributed by atoms with E-state index in [2.05, 4.69) is 27.9 Å². The molecule has 0 aromatic heterocycles. The molecule has 0 aliphatic heterocycles. The molecule has 1 rings (SSSR count). The van der Waals surface area contributed by atoms with Crippen molar-refractivity contribution in [3.05, 3.63) is 26.8 Å². The number of carboxylic acid groups (broad SMARTS) is 1.